The highest BCUT2D eigenvalue weighted by atomic mass is 16.5. The minimum absolute atomic E-state index is 0.0701. The lowest BCUT2D eigenvalue weighted by Crippen LogP contribution is -2.45. The Labute approximate surface area is 131 Å². The van der Waals surface area contributed by atoms with Crippen molar-refractivity contribution in [3.8, 4) is 0 Å². The summed E-state index contributed by atoms with van der Waals surface area (Å²) >= 11 is 0. The van der Waals surface area contributed by atoms with Crippen LogP contribution in [0.15, 0.2) is 34.8 Å². The zero-order valence-corrected chi connectivity index (χ0v) is 14.0. The van der Waals surface area contributed by atoms with Gasteiger partial charge in [-0.25, -0.2) is 4.79 Å². The molecule has 5 heteroatoms. The first-order valence-electron chi connectivity index (χ1n) is 7.65. The second-order valence-electron chi connectivity index (χ2n) is 5.75. The van der Waals surface area contributed by atoms with Crippen LogP contribution in [0.3, 0.4) is 0 Å². The highest BCUT2D eigenvalue weighted by Gasteiger charge is 2.41. The monoisotopic (exact) mass is 304 g/mol. The smallest absolute Gasteiger partial charge is 0.334 e. The summed E-state index contributed by atoms with van der Waals surface area (Å²) in [4.78, 5) is 28.5. The van der Waals surface area contributed by atoms with Crippen LogP contribution in [0.5, 0.6) is 0 Å². The van der Waals surface area contributed by atoms with Crippen molar-refractivity contribution in [1.29, 1.82) is 0 Å². The van der Waals surface area contributed by atoms with E-state index < -0.39 is 0 Å². The molecule has 0 saturated carbocycles. The molecule has 2 aliphatic rings. The molecular weight excluding hydrogens is 280 g/mol. The number of amides is 1. The maximum absolute atomic E-state index is 12.7. The Hall–Kier alpha value is -2.04. The third-order valence-electron chi connectivity index (χ3n) is 4.52. The molecule has 1 unspecified atom stereocenters. The topological polar surface area (TPSA) is 49.9 Å². The maximum atomic E-state index is 12.7. The van der Waals surface area contributed by atoms with Crippen LogP contribution in [0.4, 0.5) is 0 Å². The Morgan fingerprint density at radius 1 is 1.32 bits per heavy atom. The number of carbonyl (C=O) groups is 2. The number of carbonyl (C=O) groups excluding carboxylic acids is 2. The van der Waals surface area contributed by atoms with Crippen molar-refractivity contribution < 1.29 is 14.3 Å². The molecule has 0 radical (unpaired) electrons. The fraction of sp³-hybridized carbons (Fsp3) is 0.529. The van der Waals surface area contributed by atoms with Crippen LogP contribution >= 0.6 is 0 Å². The van der Waals surface area contributed by atoms with E-state index in [-0.39, 0.29) is 17.8 Å². The molecule has 2 rings (SSSR count). The Morgan fingerprint density at radius 3 is 2.50 bits per heavy atom. The fourth-order valence-electron chi connectivity index (χ4n) is 3.27. The van der Waals surface area contributed by atoms with E-state index in [9.17, 15) is 9.59 Å². The second-order valence-corrected chi connectivity index (χ2v) is 5.75. The van der Waals surface area contributed by atoms with Crippen molar-refractivity contribution in [3.63, 3.8) is 0 Å². The minimum Gasteiger partial charge on any atom is -0.463 e. The van der Waals surface area contributed by atoms with Gasteiger partial charge in [0.1, 0.15) is 5.82 Å². The highest BCUT2D eigenvalue weighted by Crippen LogP contribution is 2.42. The fourth-order valence-corrected chi connectivity index (χ4v) is 3.27. The number of allylic oxidation sites excluding steroid dienone is 1. The van der Waals surface area contributed by atoms with E-state index >= 15 is 0 Å². The van der Waals surface area contributed by atoms with Crippen LogP contribution in [0.1, 0.15) is 33.6 Å². The Kier molecular flexibility index (Phi) is 4.44. The predicted molar refractivity (Wildman–Crippen MR) is 84.4 cm³/mol. The first-order valence-corrected chi connectivity index (χ1v) is 7.65. The zero-order valence-electron chi connectivity index (χ0n) is 14.0. The molecule has 0 saturated heterocycles. The maximum Gasteiger partial charge on any atom is 0.334 e. The van der Waals surface area contributed by atoms with Crippen LogP contribution in [0.25, 0.3) is 0 Å². The van der Waals surface area contributed by atoms with Crippen molar-refractivity contribution >= 4 is 11.9 Å². The van der Waals surface area contributed by atoms with Crippen LogP contribution < -0.4 is 0 Å². The molecule has 5 nitrogen and oxygen atoms in total. The van der Waals surface area contributed by atoms with Crippen molar-refractivity contribution in [3.05, 3.63) is 34.8 Å². The van der Waals surface area contributed by atoms with Crippen LogP contribution in [-0.4, -0.2) is 42.4 Å². The third-order valence-corrected chi connectivity index (χ3v) is 4.52. The van der Waals surface area contributed by atoms with Crippen LogP contribution in [-0.2, 0) is 14.3 Å². The molecule has 0 N–H and O–H groups in total. The van der Waals surface area contributed by atoms with E-state index in [2.05, 4.69) is 6.58 Å². The van der Waals surface area contributed by atoms with Gasteiger partial charge in [-0.15, -0.1) is 0 Å². The van der Waals surface area contributed by atoms with Gasteiger partial charge in [-0.2, -0.15) is 0 Å². The summed E-state index contributed by atoms with van der Waals surface area (Å²) in [7, 11) is 3.63. The van der Waals surface area contributed by atoms with E-state index in [1.807, 2.05) is 25.8 Å². The van der Waals surface area contributed by atoms with Crippen molar-refractivity contribution in [2.45, 2.75) is 33.6 Å². The van der Waals surface area contributed by atoms with Crippen LogP contribution in [0.2, 0.25) is 0 Å². The number of ether oxygens (including phenoxy) is 1. The molecule has 1 aliphatic heterocycles. The zero-order chi connectivity index (χ0) is 16.6. The normalized spacial score (nSPS) is 22.3. The van der Waals surface area contributed by atoms with Gasteiger partial charge < -0.3 is 9.64 Å². The lowest BCUT2D eigenvalue weighted by Gasteiger charge is -2.42. The summed E-state index contributed by atoms with van der Waals surface area (Å²) in [5.74, 6) is 0.0689. The summed E-state index contributed by atoms with van der Waals surface area (Å²) in [5, 5.41) is 0. The molecule has 1 aliphatic carbocycles. The van der Waals surface area contributed by atoms with E-state index in [1.54, 1.807) is 18.9 Å². The quantitative estimate of drug-likeness (QED) is 0.751. The molecular formula is C17H24N2O3. The third kappa shape index (κ3) is 2.34. The number of rotatable bonds is 3. The van der Waals surface area contributed by atoms with Gasteiger partial charge in [-0.3, -0.25) is 9.69 Å². The molecule has 1 atom stereocenters. The number of likely N-dealkylation sites (N-methyl/N-ethyl adjacent to an activating group) is 1. The Balaban J connectivity index is 2.53. The molecule has 22 heavy (non-hydrogen) atoms. The van der Waals surface area contributed by atoms with Gasteiger partial charge in [0, 0.05) is 43.3 Å². The second kappa shape index (κ2) is 5.99. The van der Waals surface area contributed by atoms with E-state index in [1.165, 1.54) is 0 Å². The minimum atomic E-state index is -0.305. The average molecular weight is 304 g/mol. The lowest BCUT2D eigenvalue weighted by atomic mass is 9.77. The van der Waals surface area contributed by atoms with Gasteiger partial charge in [0.25, 0.3) is 5.91 Å². The molecule has 0 spiro atoms. The van der Waals surface area contributed by atoms with Gasteiger partial charge in [0.05, 0.1) is 6.61 Å². The lowest BCUT2D eigenvalue weighted by molar-refractivity contribution is -0.139. The first-order chi connectivity index (χ1) is 10.3. The van der Waals surface area contributed by atoms with Gasteiger partial charge in [-0.05, 0) is 20.3 Å². The van der Waals surface area contributed by atoms with Crippen molar-refractivity contribution in [2.24, 2.45) is 5.92 Å². The Morgan fingerprint density at radius 2 is 1.95 bits per heavy atom. The summed E-state index contributed by atoms with van der Waals surface area (Å²) < 4.78 is 5.20. The van der Waals surface area contributed by atoms with Crippen LogP contribution in [0, 0.1) is 5.92 Å². The number of esters is 1. The van der Waals surface area contributed by atoms with Crippen molar-refractivity contribution in [1.82, 2.24) is 9.80 Å². The standard InChI is InChI=1S/C17H24N2O3/c1-7-12-14(17(21)22-8-2)10(3)9-13-15(12)16(20)19(6)11(4)18(13)5/h12H,4,7-9H2,1-3,5-6H3. The largest absolute Gasteiger partial charge is 0.463 e. The molecule has 1 amide bonds. The molecule has 0 aromatic rings. The van der Waals surface area contributed by atoms with E-state index in [0.717, 1.165) is 11.3 Å². The van der Waals surface area contributed by atoms with Gasteiger partial charge >= 0.3 is 5.97 Å². The molecule has 0 fully saturated rings. The SMILES string of the molecule is C=C1N(C)C(=O)C2=C(CC(C)=C(C(=O)OCC)C2CC)N1C. The van der Waals surface area contributed by atoms with Gasteiger partial charge in [0.15, 0.2) is 0 Å². The molecule has 0 aromatic heterocycles. The summed E-state index contributed by atoms with van der Waals surface area (Å²) in [6, 6.07) is 0. The summed E-state index contributed by atoms with van der Waals surface area (Å²) in [5.41, 5.74) is 3.27. The van der Waals surface area contributed by atoms with E-state index in [4.69, 9.17) is 4.74 Å². The summed E-state index contributed by atoms with van der Waals surface area (Å²) in [6.07, 6.45) is 1.26. The molecule has 0 bridgehead atoms. The number of nitrogens with zero attached hydrogens (tertiary/aromatic N) is 2. The molecule has 0 aromatic carbocycles. The average Bonchev–Trinajstić information content (AvgIpc) is 2.49. The Bertz CT molecular complexity index is 601. The molecule has 120 valence electrons. The first kappa shape index (κ1) is 16.3. The van der Waals surface area contributed by atoms with E-state index in [0.29, 0.717) is 36.4 Å². The number of hydrogen-bond donors (Lipinski definition) is 0. The predicted octanol–water partition coefficient (Wildman–Crippen LogP) is 2.43. The summed E-state index contributed by atoms with van der Waals surface area (Å²) in [6.45, 7) is 10.0. The van der Waals surface area contributed by atoms with Crippen molar-refractivity contribution in [2.75, 3.05) is 20.7 Å². The molecule has 1 heterocycles. The van der Waals surface area contributed by atoms with Gasteiger partial charge in [-0.1, -0.05) is 19.1 Å². The van der Waals surface area contributed by atoms with Gasteiger partial charge in [0.2, 0.25) is 0 Å². The highest BCUT2D eigenvalue weighted by molar-refractivity contribution is 6.01. The number of hydrogen-bond acceptors (Lipinski definition) is 4.